The van der Waals surface area contributed by atoms with Gasteiger partial charge in [0.2, 0.25) is 0 Å². The first-order valence-corrected chi connectivity index (χ1v) is 11.3. The molecule has 0 bridgehead atoms. The zero-order valence-corrected chi connectivity index (χ0v) is 18.3. The van der Waals surface area contributed by atoms with Gasteiger partial charge in [0.05, 0.1) is 0 Å². The van der Waals surface area contributed by atoms with Crippen molar-refractivity contribution in [2.24, 2.45) is 40.4 Å². The van der Waals surface area contributed by atoms with Crippen LogP contribution in [0.25, 0.3) is 0 Å². The molecular weight excluding hydrogens is 388 g/mol. The van der Waals surface area contributed by atoms with Gasteiger partial charge in [-0.15, -0.1) is 0 Å². The lowest BCUT2D eigenvalue weighted by Gasteiger charge is -2.57. The molecule has 5 aliphatic rings. The fourth-order valence-electron chi connectivity index (χ4n) is 8.03. The molecular formula is C24H29ClO4. The normalized spacial score (nSPS) is 49.7. The van der Waals surface area contributed by atoms with E-state index in [4.69, 9.17) is 16.3 Å². The van der Waals surface area contributed by atoms with Crippen LogP contribution in [-0.2, 0) is 19.1 Å². The first kappa shape index (κ1) is 19.5. The van der Waals surface area contributed by atoms with E-state index in [0.29, 0.717) is 23.3 Å². The second kappa shape index (κ2) is 5.84. The van der Waals surface area contributed by atoms with Gasteiger partial charge in [0.1, 0.15) is 0 Å². The number of carbonyl (C=O) groups is 3. The fourth-order valence-corrected chi connectivity index (χ4v) is 8.43. The number of esters is 1. The van der Waals surface area contributed by atoms with Crippen LogP contribution in [0.5, 0.6) is 0 Å². The topological polar surface area (TPSA) is 60.4 Å². The third-order valence-corrected chi connectivity index (χ3v) is 9.83. The van der Waals surface area contributed by atoms with E-state index in [1.54, 1.807) is 6.92 Å². The van der Waals surface area contributed by atoms with Crippen molar-refractivity contribution in [1.82, 2.24) is 0 Å². The van der Waals surface area contributed by atoms with Crippen molar-refractivity contribution in [2.75, 3.05) is 0 Å². The molecule has 0 saturated heterocycles. The van der Waals surface area contributed by atoms with Gasteiger partial charge < -0.3 is 4.74 Å². The van der Waals surface area contributed by atoms with Crippen molar-refractivity contribution in [2.45, 2.75) is 65.4 Å². The Hall–Kier alpha value is -1.42. The zero-order valence-electron chi connectivity index (χ0n) is 17.6. The minimum atomic E-state index is -1.03. The summed E-state index contributed by atoms with van der Waals surface area (Å²) in [7, 11) is 0. The minimum Gasteiger partial charge on any atom is -0.451 e. The predicted octanol–water partition coefficient (Wildman–Crippen LogP) is 4.61. The Labute approximate surface area is 177 Å². The quantitative estimate of drug-likeness (QED) is 0.617. The van der Waals surface area contributed by atoms with E-state index >= 15 is 0 Å². The predicted molar refractivity (Wildman–Crippen MR) is 109 cm³/mol. The monoisotopic (exact) mass is 416 g/mol. The van der Waals surface area contributed by atoms with Gasteiger partial charge >= 0.3 is 5.97 Å². The molecule has 0 amide bonds. The Morgan fingerprint density at radius 3 is 2.45 bits per heavy atom. The third-order valence-electron chi connectivity index (χ3n) is 9.50. The van der Waals surface area contributed by atoms with Crippen molar-refractivity contribution >= 4 is 29.1 Å². The van der Waals surface area contributed by atoms with Gasteiger partial charge in [-0.25, -0.2) is 0 Å². The molecule has 0 unspecified atom stereocenters. The van der Waals surface area contributed by atoms with Crippen LogP contribution >= 0.6 is 11.6 Å². The van der Waals surface area contributed by atoms with Crippen LogP contribution in [0, 0.1) is 40.4 Å². The lowest BCUT2D eigenvalue weighted by atomic mass is 9.47. The molecule has 0 aromatic rings. The summed E-state index contributed by atoms with van der Waals surface area (Å²) in [5, 5.41) is 0.713. The van der Waals surface area contributed by atoms with Crippen LogP contribution in [0.4, 0.5) is 0 Å². The molecule has 0 aliphatic heterocycles. The van der Waals surface area contributed by atoms with E-state index in [2.05, 4.69) is 19.9 Å². The van der Waals surface area contributed by atoms with Crippen LogP contribution in [0.15, 0.2) is 22.8 Å². The van der Waals surface area contributed by atoms with Crippen LogP contribution < -0.4 is 0 Å². The van der Waals surface area contributed by atoms with Crippen LogP contribution in [-0.4, -0.2) is 23.1 Å². The van der Waals surface area contributed by atoms with Crippen molar-refractivity contribution in [1.29, 1.82) is 0 Å². The summed E-state index contributed by atoms with van der Waals surface area (Å²) < 4.78 is 5.82. The number of rotatable bonds is 2. The first-order valence-electron chi connectivity index (χ1n) is 10.9. The molecule has 0 radical (unpaired) electrons. The molecule has 3 fully saturated rings. The minimum absolute atomic E-state index is 0.0423. The molecule has 3 saturated carbocycles. The highest BCUT2D eigenvalue weighted by molar-refractivity contribution is 6.32. The highest BCUT2D eigenvalue weighted by atomic mass is 35.5. The van der Waals surface area contributed by atoms with Gasteiger partial charge in [-0.05, 0) is 74.3 Å². The number of Topliss-reactive ketones (excluding diaryl/α,β-unsaturated/α-hetero) is 1. The summed E-state index contributed by atoms with van der Waals surface area (Å²) in [5.74, 6) is 1.27. The molecule has 5 rings (SSSR count). The molecule has 0 aromatic heterocycles. The number of ketones is 2. The summed E-state index contributed by atoms with van der Waals surface area (Å²) in [6.07, 6.45) is 8.18. The highest BCUT2D eigenvalue weighted by Crippen LogP contribution is 2.72. The Bertz CT molecular complexity index is 903. The Balaban J connectivity index is 1.60. The first-order chi connectivity index (χ1) is 13.6. The van der Waals surface area contributed by atoms with Crippen molar-refractivity contribution in [3.8, 4) is 0 Å². The molecule has 8 atom stereocenters. The van der Waals surface area contributed by atoms with E-state index in [0.717, 1.165) is 31.3 Å². The van der Waals surface area contributed by atoms with Crippen LogP contribution in [0.2, 0.25) is 0 Å². The summed E-state index contributed by atoms with van der Waals surface area (Å²) in [5.41, 5.74) is -0.455. The Morgan fingerprint density at radius 1 is 1.10 bits per heavy atom. The fraction of sp³-hybridized carbons (Fsp3) is 0.708. The summed E-state index contributed by atoms with van der Waals surface area (Å²) in [6, 6.07) is 0. The van der Waals surface area contributed by atoms with Crippen LogP contribution in [0.3, 0.4) is 0 Å². The van der Waals surface area contributed by atoms with Gasteiger partial charge in [-0.3, -0.25) is 14.4 Å². The highest BCUT2D eigenvalue weighted by Gasteiger charge is 2.70. The van der Waals surface area contributed by atoms with E-state index in [-0.39, 0.29) is 46.1 Å². The van der Waals surface area contributed by atoms with Gasteiger partial charge in [0.25, 0.3) is 0 Å². The summed E-state index contributed by atoms with van der Waals surface area (Å²) in [4.78, 5) is 37.1. The number of hydrogen-bond acceptors (Lipinski definition) is 4. The standard InChI is InChI=1S/C24H29ClO4/c1-12(26)24(29-13(2)27)8-6-16-14-10-20(25)19-11-21(28)15-9-18(15)23(19,4)17(14)5-7-22(16,24)3/h10-11,14-18H,5-9H2,1-4H3/t14-,15-,16-,17+,18+,22+,23+,24+/m1/s1. The van der Waals surface area contributed by atoms with E-state index < -0.39 is 5.60 Å². The molecule has 5 aliphatic carbocycles. The van der Waals surface area contributed by atoms with Crippen molar-refractivity contribution in [3.05, 3.63) is 22.8 Å². The van der Waals surface area contributed by atoms with E-state index in [1.807, 2.05) is 6.08 Å². The zero-order chi connectivity index (χ0) is 20.9. The molecule has 0 heterocycles. The molecule has 29 heavy (non-hydrogen) atoms. The van der Waals surface area contributed by atoms with E-state index in [1.165, 1.54) is 6.92 Å². The average molecular weight is 417 g/mol. The maximum atomic E-state index is 12.8. The molecule has 0 aromatic carbocycles. The molecule has 0 N–H and O–H groups in total. The van der Waals surface area contributed by atoms with Gasteiger partial charge in [-0.1, -0.05) is 31.5 Å². The Morgan fingerprint density at radius 2 is 1.79 bits per heavy atom. The van der Waals surface area contributed by atoms with Gasteiger partial charge in [0, 0.05) is 28.7 Å². The van der Waals surface area contributed by atoms with Gasteiger partial charge in [-0.2, -0.15) is 0 Å². The second-order valence-corrected chi connectivity index (χ2v) is 10.9. The summed E-state index contributed by atoms with van der Waals surface area (Å²) >= 11 is 6.79. The third kappa shape index (κ3) is 2.24. The average Bonchev–Trinajstić information content (AvgIpc) is 3.39. The van der Waals surface area contributed by atoms with Crippen molar-refractivity contribution < 1.29 is 19.1 Å². The lowest BCUT2D eigenvalue weighted by Crippen LogP contribution is -2.58. The maximum absolute atomic E-state index is 12.8. The SMILES string of the molecule is CC(=O)O[C@]1(C(C)=O)CC[C@@H]2[C@H]3C=C(Cl)C4=CC(=O)[C@@H]5C[C@@H]5[C@]4(C)[C@H]3CC[C@@]21C. The van der Waals surface area contributed by atoms with Crippen molar-refractivity contribution in [3.63, 3.8) is 0 Å². The Kier molecular flexibility index (Phi) is 3.93. The number of hydrogen-bond donors (Lipinski definition) is 0. The number of halogens is 1. The van der Waals surface area contributed by atoms with Gasteiger partial charge in [0.15, 0.2) is 17.2 Å². The smallest absolute Gasteiger partial charge is 0.303 e. The largest absolute Gasteiger partial charge is 0.451 e. The molecule has 5 heteroatoms. The van der Waals surface area contributed by atoms with Crippen LogP contribution in [0.1, 0.15) is 59.8 Å². The molecule has 0 spiro atoms. The maximum Gasteiger partial charge on any atom is 0.303 e. The number of carbonyl (C=O) groups excluding carboxylic acids is 3. The van der Waals surface area contributed by atoms with E-state index in [9.17, 15) is 14.4 Å². The molecule has 4 nitrogen and oxygen atoms in total. The second-order valence-electron chi connectivity index (χ2n) is 10.5. The number of fused-ring (bicyclic) bond motifs is 7. The summed E-state index contributed by atoms with van der Waals surface area (Å²) in [6.45, 7) is 7.42. The number of allylic oxidation sites excluding steroid dienone is 4. The lowest BCUT2D eigenvalue weighted by molar-refractivity contribution is -0.185. The molecule has 156 valence electrons. The number of ether oxygens (including phenoxy) is 1.